The first-order valence-corrected chi connectivity index (χ1v) is 8.98. The minimum Gasteiger partial charge on any atom is -0.378 e. The summed E-state index contributed by atoms with van der Waals surface area (Å²) in [6.07, 6.45) is 7.71. The molecular weight excluding hydrogens is 260 g/mol. The van der Waals surface area contributed by atoms with Gasteiger partial charge in [-0.1, -0.05) is 34.1 Å². The van der Waals surface area contributed by atoms with Crippen LogP contribution >= 0.6 is 0 Å². The van der Waals surface area contributed by atoms with Crippen LogP contribution in [-0.4, -0.2) is 42.8 Å². The van der Waals surface area contributed by atoms with Crippen LogP contribution in [0.4, 0.5) is 0 Å². The molecular formula is C18H36N2O. The minimum absolute atomic E-state index is 0.209. The molecule has 2 fully saturated rings. The molecule has 2 rings (SSSR count). The Morgan fingerprint density at radius 2 is 1.90 bits per heavy atom. The van der Waals surface area contributed by atoms with Gasteiger partial charge in [0.15, 0.2) is 0 Å². The van der Waals surface area contributed by atoms with Crippen LogP contribution in [0, 0.1) is 11.3 Å². The van der Waals surface area contributed by atoms with E-state index in [1.165, 1.54) is 38.8 Å². The Labute approximate surface area is 131 Å². The zero-order valence-electron chi connectivity index (χ0n) is 14.7. The fourth-order valence-corrected chi connectivity index (χ4v) is 4.33. The molecule has 21 heavy (non-hydrogen) atoms. The number of nitrogens with two attached hydrogens (primary N) is 1. The van der Waals surface area contributed by atoms with E-state index in [2.05, 4.69) is 32.6 Å². The van der Waals surface area contributed by atoms with Gasteiger partial charge in [0.05, 0.1) is 6.10 Å². The molecule has 0 spiro atoms. The SMILES string of the molecule is CCCC1CC(CN)(N2CCC(C(C)(C)C)CC2)CCO1. The predicted molar refractivity (Wildman–Crippen MR) is 89.4 cm³/mol. The van der Waals surface area contributed by atoms with Crippen LogP contribution in [0.15, 0.2) is 0 Å². The van der Waals surface area contributed by atoms with Crippen LogP contribution < -0.4 is 5.73 Å². The second kappa shape index (κ2) is 6.97. The highest BCUT2D eigenvalue weighted by Crippen LogP contribution is 2.39. The topological polar surface area (TPSA) is 38.5 Å². The molecule has 2 aliphatic rings. The third-order valence-corrected chi connectivity index (χ3v) is 5.91. The summed E-state index contributed by atoms with van der Waals surface area (Å²) in [5.41, 5.74) is 6.91. The van der Waals surface area contributed by atoms with Crippen LogP contribution in [0.25, 0.3) is 0 Å². The predicted octanol–water partition coefficient (Wildman–Crippen LogP) is 3.42. The Bertz CT molecular complexity index is 316. The molecule has 124 valence electrons. The molecule has 2 saturated heterocycles. The van der Waals surface area contributed by atoms with Gasteiger partial charge in [0.1, 0.15) is 0 Å². The lowest BCUT2D eigenvalue weighted by molar-refractivity contribution is -0.0851. The van der Waals surface area contributed by atoms with Gasteiger partial charge in [-0.15, -0.1) is 0 Å². The second-order valence-electron chi connectivity index (χ2n) is 8.29. The molecule has 0 bridgehead atoms. The normalized spacial score (nSPS) is 33.3. The largest absolute Gasteiger partial charge is 0.378 e. The summed E-state index contributed by atoms with van der Waals surface area (Å²) in [5, 5.41) is 0. The minimum atomic E-state index is 0.209. The molecule has 3 nitrogen and oxygen atoms in total. The van der Waals surface area contributed by atoms with Crippen molar-refractivity contribution in [1.82, 2.24) is 4.90 Å². The van der Waals surface area contributed by atoms with Crippen molar-refractivity contribution in [3.63, 3.8) is 0 Å². The number of hydrogen-bond acceptors (Lipinski definition) is 3. The zero-order chi connectivity index (χ0) is 15.5. The Kier molecular flexibility index (Phi) is 5.72. The molecule has 0 amide bonds. The number of piperidine rings is 1. The Hall–Kier alpha value is -0.120. The van der Waals surface area contributed by atoms with Crippen molar-refractivity contribution in [3.8, 4) is 0 Å². The lowest BCUT2D eigenvalue weighted by atomic mass is 9.73. The summed E-state index contributed by atoms with van der Waals surface area (Å²) in [6, 6.07) is 0. The fraction of sp³-hybridized carbons (Fsp3) is 1.00. The van der Waals surface area contributed by atoms with Crippen molar-refractivity contribution in [2.75, 3.05) is 26.2 Å². The van der Waals surface area contributed by atoms with E-state index in [-0.39, 0.29) is 5.54 Å². The lowest BCUT2D eigenvalue weighted by Crippen LogP contribution is -2.60. The quantitative estimate of drug-likeness (QED) is 0.864. The third-order valence-electron chi connectivity index (χ3n) is 5.91. The molecule has 2 atom stereocenters. The number of hydrogen-bond donors (Lipinski definition) is 1. The summed E-state index contributed by atoms with van der Waals surface area (Å²) in [4.78, 5) is 2.71. The summed E-state index contributed by atoms with van der Waals surface area (Å²) in [7, 11) is 0. The number of rotatable bonds is 4. The van der Waals surface area contributed by atoms with Crippen molar-refractivity contribution in [2.24, 2.45) is 17.1 Å². The average Bonchev–Trinajstić information content (AvgIpc) is 2.47. The summed E-state index contributed by atoms with van der Waals surface area (Å²) in [6.45, 7) is 13.5. The van der Waals surface area contributed by atoms with E-state index in [0.717, 1.165) is 31.9 Å². The van der Waals surface area contributed by atoms with Crippen molar-refractivity contribution in [2.45, 2.75) is 77.9 Å². The van der Waals surface area contributed by atoms with E-state index >= 15 is 0 Å². The summed E-state index contributed by atoms with van der Waals surface area (Å²) >= 11 is 0. The molecule has 0 aromatic heterocycles. The van der Waals surface area contributed by atoms with E-state index in [9.17, 15) is 0 Å². The van der Waals surface area contributed by atoms with Gasteiger partial charge in [-0.2, -0.15) is 0 Å². The van der Waals surface area contributed by atoms with Crippen molar-refractivity contribution in [3.05, 3.63) is 0 Å². The van der Waals surface area contributed by atoms with E-state index < -0.39 is 0 Å². The maximum Gasteiger partial charge on any atom is 0.0593 e. The first kappa shape index (κ1) is 17.2. The molecule has 0 aromatic rings. The van der Waals surface area contributed by atoms with Crippen LogP contribution in [0.5, 0.6) is 0 Å². The monoisotopic (exact) mass is 296 g/mol. The van der Waals surface area contributed by atoms with Crippen molar-refractivity contribution >= 4 is 0 Å². The van der Waals surface area contributed by atoms with E-state index in [0.29, 0.717) is 11.5 Å². The van der Waals surface area contributed by atoms with E-state index in [1.807, 2.05) is 0 Å². The van der Waals surface area contributed by atoms with E-state index in [1.54, 1.807) is 0 Å². The standard InChI is InChI=1S/C18H36N2O/c1-5-6-16-13-18(14-19,9-12-21-16)20-10-7-15(8-11-20)17(2,3)4/h15-16H,5-14,19H2,1-4H3. The van der Waals surface area contributed by atoms with Gasteiger partial charge < -0.3 is 10.5 Å². The maximum atomic E-state index is 6.25. The van der Waals surface area contributed by atoms with Crippen LogP contribution in [-0.2, 0) is 4.74 Å². The summed E-state index contributed by atoms with van der Waals surface area (Å²) < 4.78 is 5.96. The molecule has 2 heterocycles. The smallest absolute Gasteiger partial charge is 0.0593 e. The van der Waals surface area contributed by atoms with Gasteiger partial charge in [0.25, 0.3) is 0 Å². The molecule has 0 aliphatic carbocycles. The number of ether oxygens (including phenoxy) is 1. The zero-order valence-corrected chi connectivity index (χ0v) is 14.7. The maximum absolute atomic E-state index is 6.25. The molecule has 0 saturated carbocycles. The Morgan fingerprint density at radius 3 is 2.43 bits per heavy atom. The van der Waals surface area contributed by atoms with Crippen LogP contribution in [0.1, 0.15) is 66.2 Å². The van der Waals surface area contributed by atoms with Crippen LogP contribution in [0.3, 0.4) is 0 Å². The highest BCUT2D eigenvalue weighted by atomic mass is 16.5. The molecule has 2 aliphatic heterocycles. The molecule has 2 unspecified atom stereocenters. The Balaban J connectivity index is 1.98. The fourth-order valence-electron chi connectivity index (χ4n) is 4.33. The van der Waals surface area contributed by atoms with Gasteiger partial charge in [0.2, 0.25) is 0 Å². The van der Waals surface area contributed by atoms with E-state index in [4.69, 9.17) is 10.5 Å². The van der Waals surface area contributed by atoms with Gasteiger partial charge in [-0.05, 0) is 56.5 Å². The molecule has 2 N–H and O–H groups in total. The van der Waals surface area contributed by atoms with Gasteiger partial charge >= 0.3 is 0 Å². The first-order chi connectivity index (χ1) is 9.91. The second-order valence-corrected chi connectivity index (χ2v) is 8.29. The lowest BCUT2D eigenvalue weighted by Gasteiger charge is -2.51. The Morgan fingerprint density at radius 1 is 1.24 bits per heavy atom. The van der Waals surface area contributed by atoms with Gasteiger partial charge in [0, 0.05) is 18.7 Å². The highest BCUT2D eigenvalue weighted by molar-refractivity contribution is 4.98. The molecule has 3 heteroatoms. The van der Waals surface area contributed by atoms with Gasteiger partial charge in [-0.3, -0.25) is 4.90 Å². The third kappa shape index (κ3) is 4.00. The number of nitrogens with zero attached hydrogens (tertiary/aromatic N) is 1. The molecule has 0 aromatic carbocycles. The summed E-state index contributed by atoms with van der Waals surface area (Å²) in [5.74, 6) is 0.856. The average molecular weight is 296 g/mol. The van der Waals surface area contributed by atoms with Crippen molar-refractivity contribution in [1.29, 1.82) is 0 Å². The highest BCUT2D eigenvalue weighted by Gasteiger charge is 2.42. The van der Waals surface area contributed by atoms with Crippen molar-refractivity contribution < 1.29 is 4.74 Å². The number of likely N-dealkylation sites (tertiary alicyclic amines) is 1. The van der Waals surface area contributed by atoms with Gasteiger partial charge in [-0.25, -0.2) is 0 Å². The van der Waals surface area contributed by atoms with Crippen LogP contribution in [0.2, 0.25) is 0 Å². The first-order valence-electron chi connectivity index (χ1n) is 8.98. The molecule has 0 radical (unpaired) electrons.